The predicted octanol–water partition coefficient (Wildman–Crippen LogP) is 1.35. The normalized spacial score (nSPS) is 12.5. The second-order valence-corrected chi connectivity index (χ2v) is 4.72. The minimum absolute atomic E-state index is 0.0684. The Morgan fingerprint density at radius 2 is 1.95 bits per heavy atom. The highest BCUT2D eigenvalue weighted by molar-refractivity contribution is 5.81. The summed E-state index contributed by atoms with van der Waals surface area (Å²) >= 11 is 0. The first-order valence-corrected chi connectivity index (χ1v) is 6.74. The molecule has 1 atom stereocenters. The van der Waals surface area contributed by atoms with Crippen molar-refractivity contribution in [1.82, 2.24) is 9.80 Å². The highest BCUT2D eigenvalue weighted by Crippen LogP contribution is 2.08. The van der Waals surface area contributed by atoms with E-state index in [0.717, 1.165) is 5.56 Å². The number of amides is 1. The molecule has 19 heavy (non-hydrogen) atoms. The van der Waals surface area contributed by atoms with E-state index in [1.807, 2.05) is 61.0 Å². The minimum atomic E-state index is -0.212. The number of carbonyl (C=O) groups excluding carboxylic acids is 1. The van der Waals surface area contributed by atoms with Crippen molar-refractivity contribution in [2.75, 3.05) is 26.7 Å². The lowest BCUT2D eigenvalue weighted by atomic mass is 10.2. The van der Waals surface area contributed by atoms with Crippen molar-refractivity contribution in [3.05, 3.63) is 35.9 Å². The zero-order valence-corrected chi connectivity index (χ0v) is 12.0. The van der Waals surface area contributed by atoms with Gasteiger partial charge in [0.15, 0.2) is 0 Å². The van der Waals surface area contributed by atoms with Crippen LogP contribution in [0.15, 0.2) is 30.3 Å². The summed E-state index contributed by atoms with van der Waals surface area (Å²) in [5.41, 5.74) is 1.13. The van der Waals surface area contributed by atoms with Crippen LogP contribution >= 0.6 is 0 Å². The van der Waals surface area contributed by atoms with Gasteiger partial charge in [-0.1, -0.05) is 30.3 Å². The van der Waals surface area contributed by atoms with Crippen molar-refractivity contribution < 1.29 is 9.90 Å². The van der Waals surface area contributed by atoms with Crippen LogP contribution in [0.1, 0.15) is 19.4 Å². The third-order valence-electron chi connectivity index (χ3n) is 3.38. The van der Waals surface area contributed by atoms with Gasteiger partial charge in [0.2, 0.25) is 5.91 Å². The monoisotopic (exact) mass is 264 g/mol. The number of nitrogens with zero attached hydrogens (tertiary/aromatic N) is 2. The van der Waals surface area contributed by atoms with Crippen molar-refractivity contribution >= 4 is 5.91 Å². The van der Waals surface area contributed by atoms with Gasteiger partial charge >= 0.3 is 0 Å². The molecule has 0 aliphatic heterocycles. The molecular weight excluding hydrogens is 240 g/mol. The van der Waals surface area contributed by atoms with Crippen LogP contribution in [-0.2, 0) is 11.3 Å². The lowest BCUT2D eigenvalue weighted by molar-refractivity contribution is -0.136. The Hall–Kier alpha value is -1.39. The topological polar surface area (TPSA) is 43.8 Å². The summed E-state index contributed by atoms with van der Waals surface area (Å²) in [5, 5.41) is 8.93. The van der Waals surface area contributed by atoms with Gasteiger partial charge in [-0.25, -0.2) is 0 Å². The predicted molar refractivity (Wildman–Crippen MR) is 76.7 cm³/mol. The summed E-state index contributed by atoms with van der Waals surface area (Å²) in [6.07, 6.45) is 0. The number of likely N-dealkylation sites (N-methyl/N-ethyl adjacent to an activating group) is 2. The molecule has 0 radical (unpaired) electrons. The molecular formula is C15H24N2O2. The Morgan fingerprint density at radius 3 is 2.47 bits per heavy atom. The standard InChI is InChI=1S/C15H24N2O2/c1-4-17(12-14-8-6-5-7-9-14)15(19)13(2)16(3)10-11-18/h5-9,13,18H,4,10-12H2,1-3H3. The summed E-state index contributed by atoms with van der Waals surface area (Å²) in [6, 6.07) is 9.77. The van der Waals surface area contributed by atoms with Crippen LogP contribution < -0.4 is 0 Å². The highest BCUT2D eigenvalue weighted by atomic mass is 16.3. The van der Waals surface area contributed by atoms with Crippen LogP contribution in [-0.4, -0.2) is 53.6 Å². The number of carbonyl (C=O) groups is 1. The molecule has 106 valence electrons. The van der Waals surface area contributed by atoms with Crippen molar-refractivity contribution in [2.45, 2.75) is 26.4 Å². The van der Waals surface area contributed by atoms with E-state index in [0.29, 0.717) is 19.6 Å². The van der Waals surface area contributed by atoms with Gasteiger partial charge in [-0.15, -0.1) is 0 Å². The Morgan fingerprint density at radius 1 is 1.32 bits per heavy atom. The van der Waals surface area contributed by atoms with Crippen LogP contribution in [0.3, 0.4) is 0 Å². The van der Waals surface area contributed by atoms with Crippen LogP contribution in [0.5, 0.6) is 0 Å². The van der Waals surface area contributed by atoms with Gasteiger partial charge in [0.1, 0.15) is 0 Å². The number of rotatable bonds is 7. The van der Waals surface area contributed by atoms with Gasteiger partial charge in [0.25, 0.3) is 0 Å². The van der Waals surface area contributed by atoms with Crippen molar-refractivity contribution in [2.24, 2.45) is 0 Å². The van der Waals surface area contributed by atoms with Gasteiger partial charge in [-0.05, 0) is 26.5 Å². The summed E-state index contributed by atoms with van der Waals surface area (Å²) in [4.78, 5) is 16.1. The quantitative estimate of drug-likeness (QED) is 0.808. The molecule has 0 fully saturated rings. The van der Waals surface area contributed by atoms with Crippen LogP contribution in [0.4, 0.5) is 0 Å². The van der Waals surface area contributed by atoms with Gasteiger partial charge in [-0.3, -0.25) is 9.69 Å². The van der Waals surface area contributed by atoms with E-state index in [1.54, 1.807) is 0 Å². The van der Waals surface area contributed by atoms with E-state index < -0.39 is 0 Å². The van der Waals surface area contributed by atoms with E-state index in [1.165, 1.54) is 0 Å². The molecule has 0 aromatic heterocycles. The van der Waals surface area contributed by atoms with Crippen molar-refractivity contribution in [3.8, 4) is 0 Å². The summed E-state index contributed by atoms with van der Waals surface area (Å²) < 4.78 is 0. The lowest BCUT2D eigenvalue weighted by Gasteiger charge is -2.29. The van der Waals surface area contributed by atoms with Gasteiger partial charge in [-0.2, -0.15) is 0 Å². The Balaban J connectivity index is 2.66. The number of hydrogen-bond donors (Lipinski definition) is 1. The van der Waals surface area contributed by atoms with Crippen molar-refractivity contribution in [3.63, 3.8) is 0 Å². The minimum Gasteiger partial charge on any atom is -0.395 e. The van der Waals surface area contributed by atoms with E-state index in [-0.39, 0.29) is 18.6 Å². The Bertz CT molecular complexity index is 381. The average Bonchev–Trinajstić information content (AvgIpc) is 2.44. The second-order valence-electron chi connectivity index (χ2n) is 4.72. The molecule has 0 saturated heterocycles. The van der Waals surface area contributed by atoms with E-state index in [2.05, 4.69) is 0 Å². The molecule has 4 nitrogen and oxygen atoms in total. The summed E-state index contributed by atoms with van der Waals surface area (Å²) in [6.45, 7) is 5.76. The second kappa shape index (κ2) is 7.92. The number of aliphatic hydroxyl groups excluding tert-OH is 1. The molecule has 1 aromatic rings. The lowest BCUT2D eigenvalue weighted by Crippen LogP contribution is -2.46. The average molecular weight is 264 g/mol. The van der Waals surface area contributed by atoms with E-state index in [9.17, 15) is 4.79 Å². The smallest absolute Gasteiger partial charge is 0.239 e. The van der Waals surface area contributed by atoms with E-state index >= 15 is 0 Å². The molecule has 1 aromatic carbocycles. The fourth-order valence-electron chi connectivity index (χ4n) is 1.95. The van der Waals surface area contributed by atoms with Crippen LogP contribution in [0, 0.1) is 0 Å². The molecule has 0 aliphatic carbocycles. The maximum Gasteiger partial charge on any atom is 0.239 e. The molecule has 0 saturated carbocycles. The molecule has 0 heterocycles. The zero-order chi connectivity index (χ0) is 14.3. The molecule has 0 bridgehead atoms. The maximum absolute atomic E-state index is 12.4. The number of aliphatic hydroxyl groups is 1. The first-order valence-electron chi connectivity index (χ1n) is 6.74. The van der Waals surface area contributed by atoms with Crippen LogP contribution in [0.25, 0.3) is 0 Å². The molecule has 0 aliphatic rings. The first kappa shape index (κ1) is 15.7. The summed E-state index contributed by atoms with van der Waals surface area (Å²) in [7, 11) is 1.86. The largest absolute Gasteiger partial charge is 0.395 e. The van der Waals surface area contributed by atoms with Crippen molar-refractivity contribution in [1.29, 1.82) is 0 Å². The molecule has 4 heteroatoms. The fourth-order valence-corrected chi connectivity index (χ4v) is 1.95. The van der Waals surface area contributed by atoms with Gasteiger partial charge in [0, 0.05) is 19.6 Å². The first-order chi connectivity index (χ1) is 9.10. The third-order valence-corrected chi connectivity index (χ3v) is 3.38. The SMILES string of the molecule is CCN(Cc1ccccc1)C(=O)C(C)N(C)CCO. The number of hydrogen-bond acceptors (Lipinski definition) is 3. The molecule has 1 amide bonds. The van der Waals surface area contributed by atoms with Gasteiger partial charge < -0.3 is 10.0 Å². The van der Waals surface area contributed by atoms with E-state index in [4.69, 9.17) is 5.11 Å². The maximum atomic E-state index is 12.4. The van der Waals surface area contributed by atoms with Gasteiger partial charge in [0.05, 0.1) is 12.6 Å². The Kier molecular flexibility index (Phi) is 6.53. The highest BCUT2D eigenvalue weighted by Gasteiger charge is 2.22. The fraction of sp³-hybridized carbons (Fsp3) is 0.533. The summed E-state index contributed by atoms with van der Waals surface area (Å²) in [5.74, 6) is 0.0994. The molecule has 0 spiro atoms. The Labute approximate surface area is 115 Å². The van der Waals surface area contributed by atoms with Crippen LogP contribution in [0.2, 0.25) is 0 Å². The molecule has 1 unspecified atom stereocenters. The zero-order valence-electron chi connectivity index (χ0n) is 12.0. The third kappa shape index (κ3) is 4.65. The molecule has 1 N–H and O–H groups in total. The molecule has 1 rings (SSSR count). The number of benzene rings is 1.